The minimum Gasteiger partial charge on any atom is -0.368 e. The second-order valence-corrected chi connectivity index (χ2v) is 7.23. The van der Waals surface area contributed by atoms with Gasteiger partial charge in [0.25, 0.3) is 0 Å². The number of nitrogens with zero attached hydrogens (tertiary/aromatic N) is 3. The lowest BCUT2D eigenvalue weighted by atomic mass is 9.93. The van der Waals surface area contributed by atoms with E-state index in [1.54, 1.807) is 4.52 Å². The van der Waals surface area contributed by atoms with Crippen molar-refractivity contribution in [3.05, 3.63) is 11.9 Å². The smallest absolute Gasteiger partial charge is 0.240 e. The third-order valence-electron chi connectivity index (χ3n) is 3.06. The molecule has 0 aliphatic rings. The van der Waals surface area contributed by atoms with Crippen LogP contribution in [0.3, 0.4) is 0 Å². The van der Waals surface area contributed by atoms with Crippen LogP contribution in [0, 0.1) is 5.92 Å². The molecular formula is C13H21N5OS. The van der Waals surface area contributed by atoms with Crippen molar-refractivity contribution in [3.63, 3.8) is 0 Å². The van der Waals surface area contributed by atoms with E-state index in [0.29, 0.717) is 5.13 Å². The van der Waals surface area contributed by atoms with E-state index in [2.05, 4.69) is 36.2 Å². The first kappa shape index (κ1) is 14.8. The zero-order valence-electron chi connectivity index (χ0n) is 12.5. The third-order valence-corrected chi connectivity index (χ3v) is 3.92. The molecule has 110 valence electrons. The van der Waals surface area contributed by atoms with Crippen LogP contribution in [0.2, 0.25) is 0 Å². The molecule has 2 aromatic rings. The number of carbonyl (C=O) groups is 1. The summed E-state index contributed by atoms with van der Waals surface area (Å²) in [4.78, 5) is 16.8. The maximum Gasteiger partial charge on any atom is 0.240 e. The Morgan fingerprint density at radius 2 is 2.10 bits per heavy atom. The average molecular weight is 295 g/mol. The summed E-state index contributed by atoms with van der Waals surface area (Å²) in [6, 6.07) is -0.423. The van der Waals surface area contributed by atoms with Gasteiger partial charge in [-0.2, -0.15) is 0 Å². The first-order valence-electron chi connectivity index (χ1n) is 6.61. The first-order chi connectivity index (χ1) is 9.18. The van der Waals surface area contributed by atoms with Crippen LogP contribution in [0.15, 0.2) is 6.20 Å². The molecule has 2 heterocycles. The van der Waals surface area contributed by atoms with E-state index in [-0.39, 0.29) is 17.2 Å². The highest BCUT2D eigenvalue weighted by Gasteiger charge is 2.23. The summed E-state index contributed by atoms with van der Waals surface area (Å²) in [6.07, 6.45) is 1.92. The van der Waals surface area contributed by atoms with Crippen molar-refractivity contribution >= 4 is 27.3 Å². The van der Waals surface area contributed by atoms with Crippen LogP contribution in [0.5, 0.6) is 0 Å². The van der Waals surface area contributed by atoms with Gasteiger partial charge in [-0.05, 0) is 5.92 Å². The fourth-order valence-corrected chi connectivity index (χ4v) is 2.64. The van der Waals surface area contributed by atoms with E-state index in [4.69, 9.17) is 5.73 Å². The maximum absolute atomic E-state index is 11.4. The number of nitrogens with two attached hydrogens (primary N) is 1. The molecule has 0 spiro atoms. The molecule has 2 aromatic heterocycles. The molecule has 1 amide bonds. The molecule has 20 heavy (non-hydrogen) atoms. The zero-order valence-corrected chi connectivity index (χ0v) is 13.3. The number of anilines is 1. The minimum absolute atomic E-state index is 0.00525. The van der Waals surface area contributed by atoms with Gasteiger partial charge in [-0.3, -0.25) is 4.79 Å². The van der Waals surface area contributed by atoms with Crippen LogP contribution in [-0.2, 0) is 10.2 Å². The molecule has 0 bridgehead atoms. The van der Waals surface area contributed by atoms with Gasteiger partial charge < -0.3 is 11.1 Å². The largest absolute Gasteiger partial charge is 0.368 e. The highest BCUT2D eigenvalue weighted by molar-refractivity contribution is 7.20. The highest BCUT2D eigenvalue weighted by atomic mass is 32.1. The lowest BCUT2D eigenvalue weighted by Crippen LogP contribution is -2.39. The Bertz CT molecular complexity index is 591. The van der Waals surface area contributed by atoms with E-state index >= 15 is 0 Å². The van der Waals surface area contributed by atoms with Gasteiger partial charge in [-0.25, -0.2) is 9.50 Å². The van der Waals surface area contributed by atoms with Crippen molar-refractivity contribution in [2.75, 3.05) is 5.32 Å². The van der Waals surface area contributed by atoms with Crippen molar-refractivity contribution < 1.29 is 4.79 Å². The Labute approximate surface area is 122 Å². The number of carbonyl (C=O) groups excluding carboxylic acids is 1. The van der Waals surface area contributed by atoms with Crippen LogP contribution < -0.4 is 11.1 Å². The van der Waals surface area contributed by atoms with Gasteiger partial charge in [0, 0.05) is 5.41 Å². The van der Waals surface area contributed by atoms with E-state index in [0.717, 1.165) is 10.7 Å². The fourth-order valence-electron chi connectivity index (χ4n) is 1.82. The molecule has 2 rings (SSSR count). The molecule has 3 N–H and O–H groups in total. The Hall–Kier alpha value is -1.63. The predicted molar refractivity (Wildman–Crippen MR) is 81.0 cm³/mol. The number of hydrogen-bond acceptors (Lipinski definition) is 5. The van der Waals surface area contributed by atoms with Crippen molar-refractivity contribution in [1.82, 2.24) is 14.6 Å². The monoisotopic (exact) mass is 295 g/mol. The van der Waals surface area contributed by atoms with Gasteiger partial charge in [0.1, 0.15) is 6.04 Å². The fraction of sp³-hybridized carbons (Fsp3) is 0.615. The van der Waals surface area contributed by atoms with Gasteiger partial charge in [-0.1, -0.05) is 46.0 Å². The molecule has 0 aromatic carbocycles. The van der Waals surface area contributed by atoms with E-state index in [1.807, 2.05) is 20.0 Å². The SMILES string of the molecule is CC(C)C(Nc1nn2cc(C(C)(C)C)nc2s1)C(N)=O. The van der Waals surface area contributed by atoms with Gasteiger partial charge in [0.05, 0.1) is 11.9 Å². The second-order valence-electron chi connectivity index (χ2n) is 6.28. The Morgan fingerprint density at radius 3 is 2.55 bits per heavy atom. The first-order valence-corrected chi connectivity index (χ1v) is 7.42. The van der Waals surface area contributed by atoms with Crippen LogP contribution in [0.1, 0.15) is 40.3 Å². The molecule has 0 saturated heterocycles. The molecule has 6 nitrogen and oxygen atoms in total. The Balaban J connectivity index is 2.25. The summed E-state index contributed by atoms with van der Waals surface area (Å²) in [5, 5.41) is 8.15. The quantitative estimate of drug-likeness (QED) is 0.903. The van der Waals surface area contributed by atoms with Crippen LogP contribution in [-0.4, -0.2) is 26.5 Å². The summed E-state index contributed by atoms with van der Waals surface area (Å²) in [7, 11) is 0. The molecule has 0 fully saturated rings. The molecule has 0 saturated carbocycles. The van der Waals surface area contributed by atoms with E-state index in [1.165, 1.54) is 11.3 Å². The minimum atomic E-state index is -0.423. The summed E-state index contributed by atoms with van der Waals surface area (Å²) in [6.45, 7) is 10.2. The van der Waals surface area contributed by atoms with Crippen molar-refractivity contribution in [1.29, 1.82) is 0 Å². The van der Waals surface area contributed by atoms with Crippen LogP contribution in [0.4, 0.5) is 5.13 Å². The normalized spacial score (nSPS) is 13.9. The van der Waals surface area contributed by atoms with Crippen molar-refractivity contribution in [3.8, 4) is 0 Å². The summed E-state index contributed by atoms with van der Waals surface area (Å²) in [5.74, 6) is -0.267. The topological polar surface area (TPSA) is 85.3 Å². The predicted octanol–water partition coefficient (Wildman–Crippen LogP) is 2.01. The molecule has 1 unspecified atom stereocenters. The Morgan fingerprint density at radius 1 is 1.45 bits per heavy atom. The summed E-state index contributed by atoms with van der Waals surface area (Å²) >= 11 is 1.42. The summed E-state index contributed by atoms with van der Waals surface area (Å²) < 4.78 is 1.74. The lowest BCUT2D eigenvalue weighted by Gasteiger charge is -2.17. The number of rotatable bonds is 4. The molecule has 0 aliphatic carbocycles. The maximum atomic E-state index is 11.4. The number of hydrogen-bond donors (Lipinski definition) is 2. The molecule has 7 heteroatoms. The molecular weight excluding hydrogens is 274 g/mol. The molecule has 0 radical (unpaired) electrons. The molecule has 1 atom stereocenters. The van der Waals surface area contributed by atoms with Gasteiger partial charge >= 0.3 is 0 Å². The van der Waals surface area contributed by atoms with Crippen LogP contribution >= 0.6 is 11.3 Å². The standard InChI is InChI=1S/C13H21N5OS/c1-7(2)9(10(14)19)16-11-17-18-6-8(13(3,4)5)15-12(18)20-11/h6-7,9H,1-5H3,(H2,14,19)(H,16,17). The number of fused-ring (bicyclic) bond motifs is 1. The lowest BCUT2D eigenvalue weighted by molar-refractivity contribution is -0.119. The number of amides is 1. The molecule has 0 aliphatic heterocycles. The zero-order chi connectivity index (χ0) is 15.1. The third kappa shape index (κ3) is 2.92. The van der Waals surface area contributed by atoms with Crippen LogP contribution in [0.25, 0.3) is 4.96 Å². The van der Waals surface area contributed by atoms with E-state index < -0.39 is 6.04 Å². The average Bonchev–Trinajstić information content (AvgIpc) is 2.80. The number of aromatic nitrogens is 3. The Kier molecular flexibility index (Phi) is 3.73. The van der Waals surface area contributed by atoms with Crippen molar-refractivity contribution in [2.24, 2.45) is 11.7 Å². The number of imidazole rings is 1. The van der Waals surface area contributed by atoms with E-state index in [9.17, 15) is 4.79 Å². The van der Waals surface area contributed by atoms with Gasteiger partial charge in [0.2, 0.25) is 16.0 Å². The number of nitrogens with one attached hydrogen (secondary N) is 1. The summed E-state index contributed by atoms with van der Waals surface area (Å²) in [5.41, 5.74) is 6.38. The van der Waals surface area contributed by atoms with Gasteiger partial charge in [-0.15, -0.1) is 5.10 Å². The highest BCUT2D eigenvalue weighted by Crippen LogP contribution is 2.26. The number of primary amides is 1. The van der Waals surface area contributed by atoms with Crippen molar-refractivity contribution in [2.45, 2.75) is 46.1 Å². The second kappa shape index (κ2) is 5.05. The van der Waals surface area contributed by atoms with Gasteiger partial charge in [0.15, 0.2) is 0 Å².